The fraction of sp³-hybridized carbons (Fsp3) is 0.444. The quantitative estimate of drug-likeness (QED) is 0.509. The van der Waals surface area contributed by atoms with E-state index < -0.39 is 5.97 Å². The highest BCUT2D eigenvalue weighted by molar-refractivity contribution is 5.85. The van der Waals surface area contributed by atoms with Crippen LogP contribution in [-0.4, -0.2) is 23.8 Å². The minimum Gasteiger partial charge on any atom is -0.478 e. The van der Waals surface area contributed by atoms with Gasteiger partial charge in [-0.25, -0.2) is 4.79 Å². The Morgan fingerprint density at radius 1 is 1.75 bits per heavy atom. The van der Waals surface area contributed by atoms with E-state index in [0.717, 1.165) is 0 Å². The predicted molar refractivity (Wildman–Crippen MR) is 44.9 cm³/mol. The lowest BCUT2D eigenvalue weighted by Gasteiger charge is -2.06. The first kappa shape index (κ1) is 9.00. The first-order valence-corrected chi connectivity index (χ1v) is 3.89. The number of ether oxygens (including phenoxy) is 1. The van der Waals surface area contributed by atoms with Crippen LogP contribution in [0.3, 0.4) is 0 Å². The van der Waals surface area contributed by atoms with E-state index in [1.165, 1.54) is 0 Å². The van der Waals surface area contributed by atoms with E-state index in [1.54, 1.807) is 0 Å². The highest BCUT2D eigenvalue weighted by Crippen LogP contribution is 2.13. The second kappa shape index (κ2) is 4.07. The molecule has 1 rings (SSSR count). The van der Waals surface area contributed by atoms with Crippen LogP contribution < -0.4 is 0 Å². The van der Waals surface area contributed by atoms with Crippen LogP contribution in [0.5, 0.6) is 0 Å². The third kappa shape index (κ3) is 2.51. The first-order chi connectivity index (χ1) is 5.70. The maximum absolute atomic E-state index is 10.3. The Balaban J connectivity index is 2.21. The third-order valence-corrected chi connectivity index (χ3v) is 1.79. The van der Waals surface area contributed by atoms with Crippen LogP contribution in [0, 0.1) is 0 Å². The van der Waals surface area contributed by atoms with Gasteiger partial charge in [-0.1, -0.05) is 18.7 Å². The Bertz CT molecular complexity index is 218. The van der Waals surface area contributed by atoms with Crippen molar-refractivity contribution in [3.8, 4) is 0 Å². The number of carbonyl (C=O) groups is 1. The largest absolute Gasteiger partial charge is 0.478 e. The summed E-state index contributed by atoms with van der Waals surface area (Å²) in [5.41, 5.74) is 0.249. The second-order valence-electron chi connectivity index (χ2n) is 2.75. The van der Waals surface area contributed by atoms with Crippen molar-refractivity contribution < 1.29 is 14.6 Å². The summed E-state index contributed by atoms with van der Waals surface area (Å²) in [6.45, 7) is 4.08. The van der Waals surface area contributed by atoms with Crippen molar-refractivity contribution in [3.63, 3.8) is 0 Å². The van der Waals surface area contributed by atoms with E-state index in [4.69, 9.17) is 9.84 Å². The molecule has 0 amide bonds. The van der Waals surface area contributed by atoms with Crippen molar-refractivity contribution >= 4 is 5.97 Å². The zero-order valence-corrected chi connectivity index (χ0v) is 6.82. The lowest BCUT2D eigenvalue weighted by molar-refractivity contribution is -0.132. The van der Waals surface area contributed by atoms with Crippen molar-refractivity contribution in [2.75, 3.05) is 6.61 Å². The van der Waals surface area contributed by atoms with E-state index in [9.17, 15) is 4.79 Å². The zero-order chi connectivity index (χ0) is 8.97. The van der Waals surface area contributed by atoms with Gasteiger partial charge in [0.15, 0.2) is 0 Å². The summed E-state index contributed by atoms with van der Waals surface area (Å²) in [6, 6.07) is 0. The van der Waals surface area contributed by atoms with Gasteiger partial charge in [-0.2, -0.15) is 0 Å². The number of carboxylic acid groups (broad SMARTS) is 1. The van der Waals surface area contributed by atoms with Crippen LogP contribution >= 0.6 is 0 Å². The van der Waals surface area contributed by atoms with Crippen LogP contribution in [0.2, 0.25) is 0 Å². The van der Waals surface area contributed by atoms with Crippen LogP contribution in [0.1, 0.15) is 12.8 Å². The Kier molecular flexibility index (Phi) is 3.05. The maximum Gasteiger partial charge on any atom is 0.330 e. The topological polar surface area (TPSA) is 46.5 Å². The molecule has 0 saturated heterocycles. The first-order valence-electron chi connectivity index (χ1n) is 3.89. The lowest BCUT2D eigenvalue weighted by atomic mass is 10.1. The Morgan fingerprint density at radius 3 is 3.00 bits per heavy atom. The summed E-state index contributed by atoms with van der Waals surface area (Å²) < 4.78 is 5.24. The van der Waals surface area contributed by atoms with E-state index >= 15 is 0 Å². The summed E-state index contributed by atoms with van der Waals surface area (Å²) in [6.07, 6.45) is 5.18. The molecule has 1 atom stereocenters. The monoisotopic (exact) mass is 168 g/mol. The van der Waals surface area contributed by atoms with Gasteiger partial charge in [0, 0.05) is 5.57 Å². The molecular weight excluding hydrogens is 156 g/mol. The molecule has 0 aliphatic carbocycles. The number of hydrogen-bond acceptors (Lipinski definition) is 2. The fourth-order valence-corrected chi connectivity index (χ4v) is 1.05. The smallest absolute Gasteiger partial charge is 0.330 e. The van der Waals surface area contributed by atoms with E-state index in [-0.39, 0.29) is 11.7 Å². The highest BCUT2D eigenvalue weighted by atomic mass is 16.5. The Hall–Kier alpha value is -1.09. The molecule has 0 aromatic rings. The van der Waals surface area contributed by atoms with Gasteiger partial charge in [0.05, 0.1) is 12.7 Å². The predicted octanol–water partition coefficient (Wildman–Crippen LogP) is 1.36. The van der Waals surface area contributed by atoms with E-state index in [0.29, 0.717) is 19.4 Å². The fourth-order valence-electron chi connectivity index (χ4n) is 1.05. The molecule has 1 heterocycles. The molecule has 0 bridgehead atoms. The van der Waals surface area contributed by atoms with Crippen molar-refractivity contribution in [2.45, 2.75) is 18.9 Å². The molecule has 0 radical (unpaired) electrons. The van der Waals surface area contributed by atoms with Crippen molar-refractivity contribution in [1.29, 1.82) is 0 Å². The molecule has 1 aliphatic heterocycles. The number of carboxylic acids is 1. The molecule has 0 aromatic heterocycles. The number of aliphatic carboxylic acids is 1. The van der Waals surface area contributed by atoms with Gasteiger partial charge in [-0.3, -0.25) is 0 Å². The van der Waals surface area contributed by atoms with Crippen molar-refractivity contribution in [1.82, 2.24) is 0 Å². The maximum atomic E-state index is 10.3. The van der Waals surface area contributed by atoms with E-state index in [2.05, 4.69) is 6.58 Å². The third-order valence-electron chi connectivity index (χ3n) is 1.79. The van der Waals surface area contributed by atoms with Gasteiger partial charge in [0.25, 0.3) is 0 Å². The van der Waals surface area contributed by atoms with Gasteiger partial charge in [0.1, 0.15) is 0 Å². The molecule has 12 heavy (non-hydrogen) atoms. The molecule has 0 spiro atoms. The van der Waals surface area contributed by atoms with Crippen LogP contribution in [0.4, 0.5) is 0 Å². The van der Waals surface area contributed by atoms with Crippen molar-refractivity contribution in [3.05, 3.63) is 24.3 Å². The molecule has 0 aromatic carbocycles. The lowest BCUT2D eigenvalue weighted by Crippen LogP contribution is -2.07. The molecule has 1 N–H and O–H groups in total. The molecule has 0 saturated carbocycles. The van der Waals surface area contributed by atoms with Crippen LogP contribution in [-0.2, 0) is 9.53 Å². The molecule has 1 unspecified atom stereocenters. The second-order valence-corrected chi connectivity index (χ2v) is 2.75. The Labute approximate surface area is 71.3 Å². The van der Waals surface area contributed by atoms with Gasteiger partial charge < -0.3 is 9.84 Å². The highest BCUT2D eigenvalue weighted by Gasteiger charge is 2.11. The average Bonchev–Trinajstić information content (AvgIpc) is 2.51. The summed E-state index contributed by atoms with van der Waals surface area (Å²) in [5, 5.41) is 8.50. The van der Waals surface area contributed by atoms with Crippen molar-refractivity contribution in [2.24, 2.45) is 0 Å². The summed E-state index contributed by atoms with van der Waals surface area (Å²) >= 11 is 0. The van der Waals surface area contributed by atoms with Crippen LogP contribution in [0.15, 0.2) is 24.3 Å². The summed E-state index contributed by atoms with van der Waals surface area (Å²) in [5.74, 6) is -0.919. The van der Waals surface area contributed by atoms with Gasteiger partial charge >= 0.3 is 5.97 Å². The summed E-state index contributed by atoms with van der Waals surface area (Å²) in [4.78, 5) is 10.3. The van der Waals surface area contributed by atoms with Gasteiger partial charge in [-0.15, -0.1) is 0 Å². The standard InChI is InChI=1S/C9H12O3/c1-7(9(10)11)4-5-8-3-2-6-12-8/h2-3,8H,1,4-6H2,(H,10,11). The molecule has 3 heteroatoms. The Morgan fingerprint density at radius 2 is 2.50 bits per heavy atom. The molecule has 66 valence electrons. The number of rotatable bonds is 4. The number of hydrogen-bond donors (Lipinski definition) is 1. The SMILES string of the molecule is C=C(CCC1C=CCO1)C(=O)O. The minimum absolute atomic E-state index is 0.0844. The molecule has 1 aliphatic rings. The molecule has 0 fully saturated rings. The van der Waals surface area contributed by atoms with E-state index in [1.807, 2.05) is 12.2 Å². The normalized spacial score (nSPS) is 21.2. The minimum atomic E-state index is -0.919. The zero-order valence-electron chi connectivity index (χ0n) is 6.82. The molecule has 3 nitrogen and oxygen atoms in total. The summed E-state index contributed by atoms with van der Waals surface area (Å²) in [7, 11) is 0. The molecular formula is C9H12O3. The van der Waals surface area contributed by atoms with Crippen LogP contribution in [0.25, 0.3) is 0 Å². The average molecular weight is 168 g/mol. The van der Waals surface area contributed by atoms with Gasteiger partial charge in [-0.05, 0) is 12.8 Å². The van der Waals surface area contributed by atoms with Gasteiger partial charge in [0.2, 0.25) is 0 Å².